The first kappa shape index (κ1) is 15.5. The van der Waals surface area contributed by atoms with Crippen LogP contribution in [0.5, 0.6) is 5.75 Å². The molecule has 3 nitrogen and oxygen atoms in total. The molecular weight excluding hydrogens is 264 g/mol. The molecule has 0 spiro atoms. The van der Waals surface area contributed by atoms with E-state index in [2.05, 4.69) is 0 Å². The molecule has 0 bridgehead atoms. The first-order chi connectivity index (χ1) is 10.0. The second-order valence-electron chi connectivity index (χ2n) is 5.42. The molecule has 0 saturated carbocycles. The summed E-state index contributed by atoms with van der Waals surface area (Å²) in [6.07, 6.45) is 0.245. The van der Waals surface area contributed by atoms with E-state index in [9.17, 15) is 10.2 Å². The normalized spacial score (nSPS) is 15.2. The number of hydrogen-bond acceptors (Lipinski definition) is 3. The van der Waals surface area contributed by atoms with Crippen molar-refractivity contribution >= 4 is 0 Å². The lowest BCUT2D eigenvalue weighted by Gasteiger charge is -2.24. The lowest BCUT2D eigenvalue weighted by atomic mass is 9.97. The molecule has 0 amide bonds. The molecular formula is C18H22O3. The molecule has 0 fully saturated rings. The molecule has 2 rings (SSSR count). The fourth-order valence-corrected chi connectivity index (χ4v) is 2.13. The molecule has 0 heterocycles. The molecule has 21 heavy (non-hydrogen) atoms. The molecule has 0 aliphatic heterocycles. The number of aliphatic hydroxyl groups is 2. The zero-order valence-corrected chi connectivity index (χ0v) is 12.5. The molecule has 0 radical (unpaired) electrons. The largest absolute Gasteiger partial charge is 0.490 e. The average Bonchev–Trinajstić information content (AvgIpc) is 2.53. The van der Waals surface area contributed by atoms with Crippen molar-refractivity contribution < 1.29 is 14.9 Å². The molecule has 2 atom stereocenters. The minimum absolute atomic E-state index is 0.173. The van der Waals surface area contributed by atoms with E-state index in [1.807, 2.05) is 61.5 Å². The third kappa shape index (κ3) is 4.06. The van der Waals surface area contributed by atoms with Crippen molar-refractivity contribution in [2.45, 2.75) is 32.0 Å². The van der Waals surface area contributed by atoms with Crippen molar-refractivity contribution in [2.24, 2.45) is 0 Å². The van der Waals surface area contributed by atoms with Gasteiger partial charge in [0.25, 0.3) is 0 Å². The van der Waals surface area contributed by atoms with Crippen LogP contribution in [-0.2, 0) is 5.60 Å². The van der Waals surface area contributed by atoms with Crippen LogP contribution in [0.2, 0.25) is 0 Å². The van der Waals surface area contributed by atoms with Gasteiger partial charge in [-0.25, -0.2) is 0 Å². The van der Waals surface area contributed by atoms with Crippen LogP contribution >= 0.6 is 0 Å². The van der Waals surface area contributed by atoms with Gasteiger partial charge >= 0.3 is 0 Å². The van der Waals surface area contributed by atoms with Crippen LogP contribution in [0.25, 0.3) is 0 Å². The number of hydrogen-bond donors (Lipinski definition) is 2. The number of benzene rings is 2. The van der Waals surface area contributed by atoms with E-state index >= 15 is 0 Å². The van der Waals surface area contributed by atoms with Gasteiger partial charge in [0.2, 0.25) is 0 Å². The number of rotatable bonds is 6. The Morgan fingerprint density at radius 3 is 2.24 bits per heavy atom. The lowest BCUT2D eigenvalue weighted by Crippen LogP contribution is -2.29. The minimum Gasteiger partial charge on any atom is -0.490 e. The van der Waals surface area contributed by atoms with Crippen LogP contribution in [0.3, 0.4) is 0 Å². The standard InChI is InChI=1S/C18H22O3/c1-3-17(19)14-9-11-16(12-10-14)21-13-18(2,20)15-7-5-4-6-8-15/h4-12,17,19-20H,3,13H2,1-2H3. The van der Waals surface area contributed by atoms with Crippen LogP contribution in [-0.4, -0.2) is 16.8 Å². The van der Waals surface area contributed by atoms with Crippen molar-refractivity contribution in [3.8, 4) is 5.75 Å². The van der Waals surface area contributed by atoms with Gasteiger partial charge in [-0.05, 0) is 36.6 Å². The zero-order valence-electron chi connectivity index (χ0n) is 12.5. The summed E-state index contributed by atoms with van der Waals surface area (Å²) in [5.74, 6) is 0.679. The molecule has 0 saturated heterocycles. The summed E-state index contributed by atoms with van der Waals surface area (Å²) in [4.78, 5) is 0. The molecule has 2 aromatic carbocycles. The van der Waals surface area contributed by atoms with Crippen LogP contribution in [0.1, 0.15) is 37.5 Å². The highest BCUT2D eigenvalue weighted by molar-refractivity contribution is 5.29. The molecule has 0 aliphatic rings. The molecule has 112 valence electrons. The van der Waals surface area contributed by atoms with Gasteiger partial charge in [-0.3, -0.25) is 0 Å². The quantitative estimate of drug-likeness (QED) is 0.855. The van der Waals surface area contributed by atoms with Crippen molar-refractivity contribution in [1.29, 1.82) is 0 Å². The average molecular weight is 286 g/mol. The van der Waals surface area contributed by atoms with E-state index in [0.29, 0.717) is 12.2 Å². The maximum Gasteiger partial charge on any atom is 0.121 e. The third-order valence-corrected chi connectivity index (χ3v) is 3.57. The van der Waals surface area contributed by atoms with Gasteiger partial charge in [-0.15, -0.1) is 0 Å². The summed E-state index contributed by atoms with van der Waals surface area (Å²) >= 11 is 0. The van der Waals surface area contributed by atoms with Crippen LogP contribution in [0.4, 0.5) is 0 Å². The van der Waals surface area contributed by atoms with Crippen molar-refractivity contribution in [3.05, 3.63) is 65.7 Å². The van der Waals surface area contributed by atoms with Crippen molar-refractivity contribution in [3.63, 3.8) is 0 Å². The Morgan fingerprint density at radius 1 is 1.05 bits per heavy atom. The summed E-state index contributed by atoms with van der Waals surface area (Å²) in [6, 6.07) is 16.8. The Kier molecular flexibility index (Phi) is 4.99. The summed E-state index contributed by atoms with van der Waals surface area (Å²) in [5.41, 5.74) is 0.658. The fourth-order valence-electron chi connectivity index (χ4n) is 2.13. The third-order valence-electron chi connectivity index (χ3n) is 3.57. The van der Waals surface area contributed by atoms with Gasteiger partial charge in [-0.2, -0.15) is 0 Å². The molecule has 3 heteroatoms. The Morgan fingerprint density at radius 2 is 1.67 bits per heavy atom. The molecule has 2 N–H and O–H groups in total. The predicted molar refractivity (Wildman–Crippen MR) is 83.2 cm³/mol. The monoisotopic (exact) mass is 286 g/mol. The SMILES string of the molecule is CCC(O)c1ccc(OCC(C)(O)c2ccccc2)cc1. The lowest BCUT2D eigenvalue weighted by molar-refractivity contribution is 0.00757. The van der Waals surface area contributed by atoms with E-state index < -0.39 is 11.7 Å². The summed E-state index contributed by atoms with van der Waals surface area (Å²) < 4.78 is 5.66. The number of ether oxygens (including phenoxy) is 1. The zero-order chi connectivity index (χ0) is 15.3. The maximum atomic E-state index is 10.5. The summed E-state index contributed by atoms with van der Waals surface area (Å²) in [7, 11) is 0. The van der Waals surface area contributed by atoms with E-state index in [0.717, 1.165) is 11.1 Å². The van der Waals surface area contributed by atoms with Gasteiger partial charge < -0.3 is 14.9 Å². The molecule has 0 aliphatic carbocycles. The Hall–Kier alpha value is -1.84. The Bertz CT molecular complexity index is 546. The highest BCUT2D eigenvalue weighted by Gasteiger charge is 2.23. The topological polar surface area (TPSA) is 49.7 Å². The van der Waals surface area contributed by atoms with Gasteiger partial charge in [0.1, 0.15) is 18.0 Å². The van der Waals surface area contributed by atoms with E-state index in [4.69, 9.17) is 4.74 Å². The molecule has 0 aromatic heterocycles. The summed E-state index contributed by atoms with van der Waals surface area (Å²) in [6.45, 7) is 3.84. The number of aliphatic hydroxyl groups excluding tert-OH is 1. The van der Waals surface area contributed by atoms with Gasteiger partial charge in [0.05, 0.1) is 6.10 Å². The fraction of sp³-hybridized carbons (Fsp3) is 0.333. The smallest absolute Gasteiger partial charge is 0.121 e. The highest BCUT2D eigenvalue weighted by Crippen LogP contribution is 2.24. The maximum absolute atomic E-state index is 10.5. The van der Waals surface area contributed by atoms with Gasteiger partial charge in [0.15, 0.2) is 0 Å². The second kappa shape index (κ2) is 6.74. The Balaban J connectivity index is 1.99. The van der Waals surface area contributed by atoms with E-state index in [1.165, 1.54) is 0 Å². The Labute approximate surface area is 125 Å². The second-order valence-corrected chi connectivity index (χ2v) is 5.42. The first-order valence-electron chi connectivity index (χ1n) is 7.21. The predicted octanol–water partition coefficient (Wildman–Crippen LogP) is 3.42. The summed E-state index contributed by atoms with van der Waals surface area (Å²) in [5, 5.41) is 20.2. The van der Waals surface area contributed by atoms with Crippen molar-refractivity contribution in [2.75, 3.05) is 6.61 Å². The van der Waals surface area contributed by atoms with E-state index in [1.54, 1.807) is 6.92 Å². The van der Waals surface area contributed by atoms with E-state index in [-0.39, 0.29) is 6.61 Å². The van der Waals surface area contributed by atoms with Crippen molar-refractivity contribution in [1.82, 2.24) is 0 Å². The van der Waals surface area contributed by atoms with Gasteiger partial charge in [0, 0.05) is 0 Å². The van der Waals surface area contributed by atoms with Crippen LogP contribution < -0.4 is 4.74 Å². The molecule has 2 unspecified atom stereocenters. The van der Waals surface area contributed by atoms with Crippen LogP contribution in [0.15, 0.2) is 54.6 Å². The molecule has 2 aromatic rings. The minimum atomic E-state index is -1.04. The van der Waals surface area contributed by atoms with Crippen LogP contribution in [0, 0.1) is 0 Å². The highest BCUT2D eigenvalue weighted by atomic mass is 16.5. The first-order valence-corrected chi connectivity index (χ1v) is 7.21. The van der Waals surface area contributed by atoms with Gasteiger partial charge in [-0.1, -0.05) is 49.4 Å².